The van der Waals surface area contributed by atoms with Gasteiger partial charge in [0.2, 0.25) is 0 Å². The van der Waals surface area contributed by atoms with Crippen LogP contribution in [0.2, 0.25) is 0 Å². The molecule has 154 valence electrons. The number of hydrogen-bond acceptors (Lipinski definition) is 6. The summed E-state index contributed by atoms with van der Waals surface area (Å²) in [4.78, 5) is 14.5. The average molecular weight is 427 g/mol. The fourth-order valence-corrected chi connectivity index (χ4v) is 4.59. The number of benzene rings is 2. The number of rotatable bonds is 5. The molecular weight excluding hydrogens is 404 g/mol. The quantitative estimate of drug-likeness (QED) is 0.383. The van der Waals surface area contributed by atoms with Crippen LogP contribution in [0.25, 0.3) is 21.0 Å². The van der Waals surface area contributed by atoms with E-state index in [0.29, 0.717) is 0 Å². The van der Waals surface area contributed by atoms with Crippen molar-refractivity contribution in [1.29, 1.82) is 0 Å². The van der Waals surface area contributed by atoms with Crippen molar-refractivity contribution in [2.45, 2.75) is 6.92 Å². The van der Waals surface area contributed by atoms with Crippen molar-refractivity contribution in [3.05, 3.63) is 91.2 Å². The van der Waals surface area contributed by atoms with E-state index in [1.54, 1.807) is 17.5 Å². The van der Waals surface area contributed by atoms with Crippen LogP contribution in [-0.4, -0.2) is 28.6 Å². The minimum absolute atomic E-state index is 0.791. The van der Waals surface area contributed by atoms with Crippen LogP contribution in [0.1, 0.15) is 5.69 Å². The monoisotopic (exact) mass is 426 g/mol. The Morgan fingerprint density at radius 3 is 2.52 bits per heavy atom. The lowest BCUT2D eigenvalue weighted by molar-refractivity contribution is 0.481. The smallest absolute Gasteiger partial charge is 0.129 e. The number of thiazole rings is 1. The molecule has 3 heterocycles. The molecule has 2 aromatic carbocycles. The Morgan fingerprint density at radius 2 is 1.74 bits per heavy atom. The van der Waals surface area contributed by atoms with Gasteiger partial charge in [-0.2, -0.15) is 0 Å². The lowest BCUT2D eigenvalue weighted by atomic mass is 10.2. The highest BCUT2D eigenvalue weighted by atomic mass is 32.1. The molecule has 0 radical (unpaired) electrons. The Kier molecular flexibility index (Phi) is 5.14. The molecule has 0 fully saturated rings. The summed E-state index contributed by atoms with van der Waals surface area (Å²) < 4.78 is 6.19. The summed E-state index contributed by atoms with van der Waals surface area (Å²) in [7, 11) is 2.06. The Morgan fingerprint density at radius 1 is 0.935 bits per heavy atom. The van der Waals surface area contributed by atoms with Gasteiger partial charge in [-0.25, -0.2) is 4.98 Å². The third kappa shape index (κ3) is 4.15. The summed E-state index contributed by atoms with van der Waals surface area (Å²) in [5.41, 5.74) is 4.25. The third-order valence-corrected chi connectivity index (χ3v) is 6.32. The fourth-order valence-electron chi connectivity index (χ4n) is 3.54. The van der Waals surface area contributed by atoms with Gasteiger partial charge in [-0.05, 0) is 37.3 Å². The zero-order valence-electron chi connectivity index (χ0n) is 17.4. The van der Waals surface area contributed by atoms with Gasteiger partial charge >= 0.3 is 0 Å². The van der Waals surface area contributed by atoms with Crippen LogP contribution in [0, 0.1) is 6.92 Å². The Balaban J connectivity index is 1.39. The molecule has 0 aliphatic carbocycles. The van der Waals surface area contributed by atoms with Crippen LogP contribution in [0.4, 0.5) is 5.69 Å². The second-order valence-electron chi connectivity index (χ2n) is 7.47. The zero-order valence-corrected chi connectivity index (χ0v) is 18.2. The fraction of sp³-hybridized carbons (Fsp3) is 0.120. The largest absolute Gasteiger partial charge is 0.457 e. The Bertz CT molecular complexity index is 1240. The van der Waals surface area contributed by atoms with Crippen LogP contribution < -0.4 is 9.64 Å². The molecule has 31 heavy (non-hydrogen) atoms. The number of aryl methyl sites for hydroxylation is 1. The van der Waals surface area contributed by atoms with Crippen LogP contribution >= 0.6 is 11.3 Å². The highest BCUT2D eigenvalue weighted by Gasteiger charge is 2.13. The van der Waals surface area contributed by atoms with Gasteiger partial charge in [-0.15, -0.1) is 11.3 Å². The van der Waals surface area contributed by atoms with E-state index in [9.17, 15) is 0 Å². The van der Waals surface area contributed by atoms with Gasteiger partial charge in [0.05, 0.1) is 17.2 Å². The number of hydrogen-bond donors (Lipinski definition) is 0. The zero-order chi connectivity index (χ0) is 21.2. The van der Waals surface area contributed by atoms with Crippen LogP contribution in [0.3, 0.4) is 0 Å². The lowest BCUT2D eigenvalue weighted by Crippen LogP contribution is -2.21. The summed E-state index contributed by atoms with van der Waals surface area (Å²) in [6.07, 6.45) is 7.80. The molecule has 5 rings (SSSR count). The number of pyridine rings is 1. The van der Waals surface area contributed by atoms with Crippen molar-refractivity contribution in [3.63, 3.8) is 0 Å². The highest BCUT2D eigenvalue weighted by molar-refractivity contribution is 7.18. The minimum atomic E-state index is 0.791. The van der Waals surface area contributed by atoms with Crippen LogP contribution in [0.15, 0.2) is 85.5 Å². The first-order chi connectivity index (χ1) is 15.2. The maximum atomic E-state index is 6.19. The first-order valence-electron chi connectivity index (χ1n) is 10.1. The summed E-state index contributed by atoms with van der Waals surface area (Å²) in [6, 6.07) is 20.3. The molecular formula is C25H22N4OS. The molecule has 0 atom stereocenters. The van der Waals surface area contributed by atoms with Gasteiger partial charge in [0.25, 0.3) is 0 Å². The van der Waals surface area contributed by atoms with E-state index in [1.807, 2.05) is 49.5 Å². The van der Waals surface area contributed by atoms with Crippen molar-refractivity contribution in [1.82, 2.24) is 14.9 Å². The maximum absolute atomic E-state index is 6.19. The van der Waals surface area contributed by atoms with E-state index in [2.05, 4.69) is 58.5 Å². The minimum Gasteiger partial charge on any atom is -0.457 e. The van der Waals surface area contributed by atoms with E-state index in [4.69, 9.17) is 9.72 Å². The third-order valence-electron chi connectivity index (χ3n) is 5.06. The van der Waals surface area contributed by atoms with E-state index in [1.165, 1.54) is 0 Å². The molecule has 2 aromatic heterocycles. The maximum Gasteiger partial charge on any atom is 0.129 e. The summed E-state index contributed by atoms with van der Waals surface area (Å²) in [5.74, 6) is 1.60. The molecule has 0 bridgehead atoms. The SMILES string of the molecule is Cc1nc(-c2cccc(Oc3cccc(N4C=CN(C)C4)c3)c2)sc1-c1cccnc1. The van der Waals surface area contributed by atoms with Crippen molar-refractivity contribution < 1.29 is 4.74 Å². The second kappa shape index (κ2) is 8.24. The van der Waals surface area contributed by atoms with Gasteiger partial charge < -0.3 is 14.5 Å². The molecule has 0 spiro atoms. The Hall–Kier alpha value is -3.64. The molecule has 5 nitrogen and oxygen atoms in total. The number of nitrogens with zero attached hydrogens (tertiary/aromatic N) is 4. The van der Waals surface area contributed by atoms with Gasteiger partial charge in [0, 0.05) is 54.7 Å². The van der Waals surface area contributed by atoms with E-state index >= 15 is 0 Å². The molecule has 1 aliphatic rings. The second-order valence-corrected chi connectivity index (χ2v) is 8.47. The molecule has 0 N–H and O–H groups in total. The number of anilines is 1. The lowest BCUT2D eigenvalue weighted by Gasteiger charge is -2.19. The summed E-state index contributed by atoms with van der Waals surface area (Å²) in [5, 5.41) is 0.973. The van der Waals surface area contributed by atoms with E-state index < -0.39 is 0 Å². The Labute approximate surface area is 185 Å². The molecule has 1 aliphatic heterocycles. The summed E-state index contributed by atoms with van der Waals surface area (Å²) in [6.45, 7) is 2.88. The molecule has 0 saturated heterocycles. The van der Waals surface area contributed by atoms with Crippen molar-refractivity contribution >= 4 is 17.0 Å². The molecule has 6 heteroatoms. The van der Waals surface area contributed by atoms with Gasteiger partial charge in [0.15, 0.2) is 0 Å². The van der Waals surface area contributed by atoms with Crippen molar-refractivity contribution in [2.75, 3.05) is 18.6 Å². The molecule has 0 saturated carbocycles. The van der Waals surface area contributed by atoms with Gasteiger partial charge in [-0.3, -0.25) is 4.98 Å². The van der Waals surface area contributed by atoms with Crippen molar-refractivity contribution in [3.8, 4) is 32.5 Å². The topological polar surface area (TPSA) is 41.5 Å². The van der Waals surface area contributed by atoms with E-state index in [-0.39, 0.29) is 0 Å². The van der Waals surface area contributed by atoms with Gasteiger partial charge in [0.1, 0.15) is 16.5 Å². The van der Waals surface area contributed by atoms with E-state index in [0.717, 1.165) is 50.6 Å². The van der Waals surface area contributed by atoms with Crippen LogP contribution in [0.5, 0.6) is 11.5 Å². The molecule has 4 aromatic rings. The predicted octanol–water partition coefficient (Wildman–Crippen LogP) is 6.15. The molecule has 0 amide bonds. The first-order valence-corrected chi connectivity index (χ1v) is 10.9. The normalized spacial score (nSPS) is 13.1. The van der Waals surface area contributed by atoms with Crippen molar-refractivity contribution in [2.24, 2.45) is 0 Å². The first kappa shape index (κ1) is 19.3. The average Bonchev–Trinajstić information content (AvgIpc) is 3.40. The van der Waals surface area contributed by atoms with Crippen LogP contribution in [-0.2, 0) is 0 Å². The standard InChI is InChI=1S/C25H22N4OS/c1-18-24(20-7-5-11-26-16-20)31-25(27-18)19-6-3-9-22(14-19)30-23-10-4-8-21(15-23)29-13-12-28(2)17-29/h3-16H,17H2,1-2H3. The summed E-state index contributed by atoms with van der Waals surface area (Å²) >= 11 is 1.67. The highest BCUT2D eigenvalue weighted by Crippen LogP contribution is 2.36. The van der Waals surface area contributed by atoms with Gasteiger partial charge in [-0.1, -0.05) is 24.3 Å². The predicted molar refractivity (Wildman–Crippen MR) is 126 cm³/mol. The number of aromatic nitrogens is 2. The number of ether oxygens (including phenoxy) is 1. The molecule has 0 unspecified atom stereocenters.